The van der Waals surface area contributed by atoms with Gasteiger partial charge in [0, 0.05) is 35.8 Å². The number of hydrogen-bond donors (Lipinski definition) is 1. The van der Waals surface area contributed by atoms with Gasteiger partial charge in [0.25, 0.3) is 11.6 Å². The fraction of sp³-hybridized carbons (Fsp3) is 0.375. The summed E-state index contributed by atoms with van der Waals surface area (Å²) in [7, 11) is 1.83. The number of non-ortho nitro benzene ring substituents is 1. The molecule has 180 valence electrons. The van der Waals surface area contributed by atoms with Crippen molar-refractivity contribution in [2.24, 2.45) is 0 Å². The number of nitrogens with zero attached hydrogens (tertiary/aromatic N) is 2. The molecule has 1 saturated carbocycles. The third-order valence-electron chi connectivity index (χ3n) is 5.65. The fourth-order valence-electron chi connectivity index (χ4n) is 3.78. The number of ether oxygens (including phenoxy) is 1. The Labute approximate surface area is 202 Å². The van der Waals surface area contributed by atoms with Gasteiger partial charge in [-0.3, -0.25) is 19.7 Å². The van der Waals surface area contributed by atoms with Crippen LogP contribution in [0.5, 0.6) is 0 Å². The fourth-order valence-corrected chi connectivity index (χ4v) is 4.74. The summed E-state index contributed by atoms with van der Waals surface area (Å²) in [5.74, 6) is -1.10. The Balaban J connectivity index is 1.53. The van der Waals surface area contributed by atoms with Gasteiger partial charge in [-0.2, -0.15) is 0 Å². The number of benzene rings is 2. The molecule has 0 radical (unpaired) electrons. The van der Waals surface area contributed by atoms with E-state index in [2.05, 4.69) is 5.32 Å². The van der Waals surface area contributed by atoms with Crippen LogP contribution in [0.1, 0.15) is 42.5 Å². The molecule has 2 aromatic carbocycles. The van der Waals surface area contributed by atoms with E-state index in [1.165, 1.54) is 42.4 Å². The van der Waals surface area contributed by atoms with Gasteiger partial charge >= 0.3 is 5.97 Å². The Kier molecular flexibility index (Phi) is 9.03. The highest BCUT2D eigenvalue weighted by Crippen LogP contribution is 2.26. The highest BCUT2D eigenvalue weighted by Gasteiger charge is 2.23. The van der Waals surface area contributed by atoms with Crippen molar-refractivity contribution >= 4 is 40.9 Å². The van der Waals surface area contributed by atoms with Crippen molar-refractivity contribution in [3.63, 3.8) is 0 Å². The molecule has 10 heteroatoms. The smallest absolute Gasteiger partial charge is 0.339 e. The lowest BCUT2D eigenvalue weighted by molar-refractivity contribution is -0.384. The van der Waals surface area contributed by atoms with Crippen LogP contribution >= 0.6 is 11.8 Å². The van der Waals surface area contributed by atoms with Crippen LogP contribution in [0.15, 0.2) is 53.4 Å². The number of amides is 2. The zero-order valence-electron chi connectivity index (χ0n) is 18.9. The van der Waals surface area contributed by atoms with Crippen LogP contribution in [0.3, 0.4) is 0 Å². The predicted molar refractivity (Wildman–Crippen MR) is 129 cm³/mol. The number of thioether (sulfide) groups is 1. The zero-order valence-corrected chi connectivity index (χ0v) is 19.7. The molecule has 0 aromatic heterocycles. The van der Waals surface area contributed by atoms with Crippen LogP contribution in [-0.2, 0) is 14.3 Å². The van der Waals surface area contributed by atoms with Crippen LogP contribution in [-0.4, -0.2) is 53.1 Å². The second kappa shape index (κ2) is 12.2. The molecule has 2 aromatic rings. The van der Waals surface area contributed by atoms with Crippen molar-refractivity contribution in [1.29, 1.82) is 0 Å². The Morgan fingerprint density at radius 2 is 1.85 bits per heavy atom. The number of anilines is 1. The van der Waals surface area contributed by atoms with E-state index in [1.807, 2.05) is 11.9 Å². The number of esters is 1. The van der Waals surface area contributed by atoms with E-state index in [0.29, 0.717) is 4.90 Å². The molecule has 0 unspecified atom stereocenters. The molecule has 2 amide bonds. The molecule has 0 bridgehead atoms. The molecule has 1 aliphatic carbocycles. The minimum atomic E-state index is -0.689. The predicted octanol–water partition coefficient (Wildman–Crippen LogP) is 4.27. The molecule has 1 aliphatic rings. The first-order chi connectivity index (χ1) is 16.3. The lowest BCUT2D eigenvalue weighted by Crippen LogP contribution is -2.39. The third-order valence-corrected chi connectivity index (χ3v) is 6.71. The van der Waals surface area contributed by atoms with E-state index < -0.39 is 23.4 Å². The molecule has 1 fully saturated rings. The summed E-state index contributed by atoms with van der Waals surface area (Å²) < 4.78 is 5.14. The molecular formula is C24H27N3O6S. The maximum Gasteiger partial charge on any atom is 0.339 e. The van der Waals surface area contributed by atoms with Gasteiger partial charge in [0.1, 0.15) is 0 Å². The second-order valence-corrected chi connectivity index (χ2v) is 9.03. The zero-order chi connectivity index (χ0) is 24.5. The van der Waals surface area contributed by atoms with Gasteiger partial charge in [-0.25, -0.2) is 4.79 Å². The molecule has 1 N–H and O–H groups in total. The first-order valence-electron chi connectivity index (χ1n) is 11.0. The largest absolute Gasteiger partial charge is 0.452 e. The first kappa shape index (κ1) is 25.2. The second-order valence-electron chi connectivity index (χ2n) is 8.01. The molecule has 0 aliphatic heterocycles. The van der Waals surface area contributed by atoms with E-state index in [-0.39, 0.29) is 34.6 Å². The molecule has 0 heterocycles. The Morgan fingerprint density at radius 3 is 2.59 bits per heavy atom. The summed E-state index contributed by atoms with van der Waals surface area (Å²) in [6.07, 6.45) is 5.53. The lowest BCUT2D eigenvalue weighted by atomic mass is 9.94. The number of hydrogen-bond acceptors (Lipinski definition) is 7. The molecule has 0 atom stereocenters. The molecule has 34 heavy (non-hydrogen) atoms. The summed E-state index contributed by atoms with van der Waals surface area (Å²) in [6.45, 7) is -0.552. The van der Waals surface area contributed by atoms with Crippen molar-refractivity contribution in [2.75, 3.05) is 24.7 Å². The van der Waals surface area contributed by atoms with E-state index in [9.17, 15) is 24.5 Å². The standard InChI is InChI=1S/C24H27N3O6S/c1-26(18-9-3-2-4-10-18)23(29)16-34-21-13-6-5-12-20(21)24(30)33-15-22(28)25-17-8-7-11-19(14-17)27(31)32/h5-8,11-14,18H,2-4,9-10,15-16H2,1H3,(H,25,28). The minimum Gasteiger partial charge on any atom is -0.452 e. The van der Waals surface area contributed by atoms with Crippen molar-refractivity contribution in [3.8, 4) is 0 Å². The maximum atomic E-state index is 12.6. The quantitative estimate of drug-likeness (QED) is 0.244. The van der Waals surface area contributed by atoms with Crippen LogP contribution in [0.4, 0.5) is 11.4 Å². The summed E-state index contributed by atoms with van der Waals surface area (Å²) in [6, 6.07) is 12.5. The van der Waals surface area contributed by atoms with Gasteiger partial charge < -0.3 is 15.0 Å². The van der Waals surface area contributed by atoms with E-state index in [0.717, 1.165) is 25.7 Å². The SMILES string of the molecule is CN(C(=O)CSc1ccccc1C(=O)OCC(=O)Nc1cccc([N+](=O)[O-])c1)C1CCCCC1. The monoisotopic (exact) mass is 485 g/mol. The number of carbonyl (C=O) groups is 3. The Bertz CT molecular complexity index is 1050. The van der Waals surface area contributed by atoms with Crippen LogP contribution < -0.4 is 5.32 Å². The summed E-state index contributed by atoms with van der Waals surface area (Å²) in [4.78, 5) is 50.1. The number of nitro groups is 1. The lowest BCUT2D eigenvalue weighted by Gasteiger charge is -2.31. The van der Waals surface area contributed by atoms with Gasteiger partial charge in [0.15, 0.2) is 6.61 Å². The number of rotatable bonds is 9. The van der Waals surface area contributed by atoms with Crippen LogP contribution in [0, 0.1) is 10.1 Å². The first-order valence-corrected chi connectivity index (χ1v) is 12.0. The molecule has 3 rings (SSSR count). The normalized spacial score (nSPS) is 13.7. The number of nitrogens with one attached hydrogen (secondary N) is 1. The molecule has 9 nitrogen and oxygen atoms in total. The van der Waals surface area contributed by atoms with Crippen molar-refractivity contribution in [3.05, 3.63) is 64.2 Å². The highest BCUT2D eigenvalue weighted by molar-refractivity contribution is 8.00. The Morgan fingerprint density at radius 1 is 1.12 bits per heavy atom. The van der Waals surface area contributed by atoms with Gasteiger partial charge in [0.2, 0.25) is 5.91 Å². The molecule has 0 saturated heterocycles. The van der Waals surface area contributed by atoms with Crippen molar-refractivity contribution < 1.29 is 24.0 Å². The third kappa shape index (κ3) is 7.05. The van der Waals surface area contributed by atoms with E-state index >= 15 is 0 Å². The van der Waals surface area contributed by atoms with Gasteiger partial charge in [-0.05, 0) is 31.0 Å². The topological polar surface area (TPSA) is 119 Å². The highest BCUT2D eigenvalue weighted by atomic mass is 32.2. The number of carbonyl (C=O) groups excluding carboxylic acids is 3. The van der Waals surface area contributed by atoms with Gasteiger partial charge in [-0.1, -0.05) is 37.5 Å². The average Bonchev–Trinajstić information content (AvgIpc) is 2.86. The summed E-state index contributed by atoms with van der Waals surface area (Å²) >= 11 is 1.26. The van der Waals surface area contributed by atoms with E-state index in [4.69, 9.17) is 4.74 Å². The van der Waals surface area contributed by atoms with Gasteiger partial charge in [0.05, 0.1) is 16.2 Å². The molecule has 0 spiro atoms. The van der Waals surface area contributed by atoms with E-state index in [1.54, 1.807) is 24.3 Å². The Hall–Kier alpha value is -3.40. The van der Waals surface area contributed by atoms with Gasteiger partial charge in [-0.15, -0.1) is 11.8 Å². The van der Waals surface area contributed by atoms with Crippen LogP contribution in [0.25, 0.3) is 0 Å². The van der Waals surface area contributed by atoms with Crippen molar-refractivity contribution in [2.45, 2.75) is 43.0 Å². The average molecular weight is 486 g/mol. The minimum absolute atomic E-state index is 0.0106. The molecular weight excluding hydrogens is 458 g/mol. The summed E-state index contributed by atoms with van der Waals surface area (Å²) in [5, 5.41) is 13.3. The van der Waals surface area contributed by atoms with Crippen molar-refractivity contribution in [1.82, 2.24) is 4.90 Å². The maximum absolute atomic E-state index is 12.6. The van der Waals surface area contributed by atoms with Crippen LogP contribution in [0.2, 0.25) is 0 Å². The number of nitro benzene ring substituents is 1. The summed E-state index contributed by atoms with van der Waals surface area (Å²) in [5.41, 5.74) is 0.333.